The molecule has 4 heteroatoms. The average molecular weight is 201 g/mol. The molecule has 1 heterocycles. The predicted octanol–water partition coefficient (Wildman–Crippen LogP) is 1.78. The van der Waals surface area contributed by atoms with Gasteiger partial charge in [-0.2, -0.15) is 5.26 Å². The maximum Gasteiger partial charge on any atom is 0.181 e. The smallest absolute Gasteiger partial charge is 0.181 e. The van der Waals surface area contributed by atoms with Crippen LogP contribution in [0.2, 0.25) is 0 Å². The van der Waals surface area contributed by atoms with Crippen molar-refractivity contribution < 1.29 is 4.42 Å². The van der Waals surface area contributed by atoms with Crippen LogP contribution < -0.4 is 0 Å². The fourth-order valence-corrected chi connectivity index (χ4v) is 1.40. The van der Waals surface area contributed by atoms with Crippen LogP contribution in [0.1, 0.15) is 5.56 Å². The Kier molecular flexibility index (Phi) is 2.55. The lowest BCUT2D eigenvalue weighted by molar-refractivity contribution is 0.478. The molecule has 0 aliphatic carbocycles. The van der Waals surface area contributed by atoms with Gasteiger partial charge in [0.05, 0.1) is 0 Å². The van der Waals surface area contributed by atoms with Gasteiger partial charge < -0.3 is 9.32 Å². The zero-order valence-electron chi connectivity index (χ0n) is 8.47. The fourth-order valence-electron chi connectivity index (χ4n) is 1.40. The minimum absolute atomic E-state index is 0.718. The van der Waals surface area contributed by atoms with E-state index >= 15 is 0 Å². The number of benzene rings is 1. The van der Waals surface area contributed by atoms with E-state index in [1.807, 2.05) is 18.2 Å². The highest BCUT2D eigenvalue weighted by molar-refractivity contribution is 5.72. The summed E-state index contributed by atoms with van der Waals surface area (Å²) in [5.74, 6) is 0. The van der Waals surface area contributed by atoms with Gasteiger partial charge in [0.1, 0.15) is 5.52 Å². The van der Waals surface area contributed by atoms with Gasteiger partial charge in [-0.3, -0.25) is 0 Å². The van der Waals surface area contributed by atoms with Crippen LogP contribution in [-0.2, 0) is 6.42 Å². The van der Waals surface area contributed by atoms with Crippen molar-refractivity contribution in [2.24, 2.45) is 0 Å². The van der Waals surface area contributed by atoms with Crippen LogP contribution >= 0.6 is 0 Å². The quantitative estimate of drug-likeness (QED) is 0.561. The Bertz CT molecular complexity index is 498. The molecule has 1 aromatic heterocycles. The zero-order chi connectivity index (χ0) is 10.7. The van der Waals surface area contributed by atoms with Gasteiger partial charge in [0.25, 0.3) is 0 Å². The first-order valence-corrected chi connectivity index (χ1v) is 4.72. The van der Waals surface area contributed by atoms with Crippen LogP contribution in [0, 0.1) is 11.5 Å². The zero-order valence-corrected chi connectivity index (χ0v) is 8.47. The summed E-state index contributed by atoms with van der Waals surface area (Å²) in [6.07, 6.45) is 4.34. The lowest BCUT2D eigenvalue weighted by Gasteiger charge is -2.07. The molecular weight excluding hydrogens is 190 g/mol. The molecule has 4 nitrogen and oxygen atoms in total. The molecule has 0 atom stereocenters. The van der Waals surface area contributed by atoms with E-state index in [4.69, 9.17) is 9.68 Å². The van der Waals surface area contributed by atoms with Gasteiger partial charge in [-0.1, -0.05) is 6.07 Å². The van der Waals surface area contributed by atoms with Gasteiger partial charge in [-0.15, -0.1) is 0 Å². The SMILES string of the molecule is CN(C#N)CCc1ccc2ncoc2c1. The van der Waals surface area contributed by atoms with Gasteiger partial charge in [0.2, 0.25) is 0 Å². The number of likely N-dealkylation sites (N-methyl/N-ethyl adjacent to an activating group) is 1. The highest BCUT2D eigenvalue weighted by atomic mass is 16.3. The van der Waals surface area contributed by atoms with Gasteiger partial charge in [0.15, 0.2) is 18.2 Å². The molecule has 0 saturated heterocycles. The van der Waals surface area contributed by atoms with Crippen molar-refractivity contribution in [2.45, 2.75) is 6.42 Å². The summed E-state index contributed by atoms with van der Waals surface area (Å²) in [4.78, 5) is 5.64. The highest BCUT2D eigenvalue weighted by Gasteiger charge is 2.01. The Morgan fingerprint density at radius 3 is 3.20 bits per heavy atom. The Morgan fingerprint density at radius 1 is 1.53 bits per heavy atom. The highest BCUT2D eigenvalue weighted by Crippen LogP contribution is 2.14. The summed E-state index contributed by atoms with van der Waals surface area (Å²) in [5.41, 5.74) is 2.82. The summed E-state index contributed by atoms with van der Waals surface area (Å²) in [5, 5.41) is 8.60. The third-order valence-corrected chi connectivity index (χ3v) is 2.30. The average Bonchev–Trinajstić information content (AvgIpc) is 2.72. The molecular formula is C11H11N3O. The Labute approximate surface area is 87.7 Å². The molecule has 0 aliphatic rings. The first-order chi connectivity index (χ1) is 7.29. The van der Waals surface area contributed by atoms with E-state index < -0.39 is 0 Å². The second-order valence-electron chi connectivity index (χ2n) is 3.43. The molecule has 0 unspecified atom stereocenters. The summed E-state index contributed by atoms with van der Waals surface area (Å²) in [6, 6.07) is 5.91. The molecule has 0 amide bonds. The topological polar surface area (TPSA) is 53.1 Å². The molecule has 2 rings (SSSR count). The number of oxazole rings is 1. The molecule has 0 aliphatic heterocycles. The van der Waals surface area contributed by atoms with Crippen LogP contribution in [0.3, 0.4) is 0 Å². The Hall–Kier alpha value is -2.02. The Morgan fingerprint density at radius 2 is 2.40 bits per heavy atom. The van der Waals surface area contributed by atoms with E-state index in [2.05, 4.69) is 11.2 Å². The number of nitriles is 1. The normalized spacial score (nSPS) is 10.1. The molecule has 1 aromatic carbocycles. The second-order valence-corrected chi connectivity index (χ2v) is 3.43. The van der Waals surface area contributed by atoms with Crippen molar-refractivity contribution >= 4 is 11.1 Å². The molecule has 0 saturated carbocycles. The molecule has 76 valence electrons. The molecule has 15 heavy (non-hydrogen) atoms. The summed E-state index contributed by atoms with van der Waals surface area (Å²) in [7, 11) is 1.77. The van der Waals surface area contributed by atoms with Crippen LogP contribution in [0.15, 0.2) is 29.0 Å². The number of hydrogen-bond acceptors (Lipinski definition) is 4. The van der Waals surface area contributed by atoms with Gasteiger partial charge >= 0.3 is 0 Å². The maximum atomic E-state index is 8.60. The van der Waals surface area contributed by atoms with Crippen molar-refractivity contribution in [3.63, 3.8) is 0 Å². The minimum Gasteiger partial charge on any atom is -0.443 e. The number of rotatable bonds is 3. The molecule has 0 bridgehead atoms. The number of fused-ring (bicyclic) bond motifs is 1. The molecule has 0 radical (unpaired) electrons. The van der Waals surface area contributed by atoms with E-state index in [0.29, 0.717) is 0 Å². The van der Waals surface area contributed by atoms with Crippen LogP contribution in [-0.4, -0.2) is 23.5 Å². The first kappa shape index (κ1) is 9.53. The van der Waals surface area contributed by atoms with Crippen molar-refractivity contribution in [1.82, 2.24) is 9.88 Å². The summed E-state index contributed by atoms with van der Waals surface area (Å²) < 4.78 is 5.20. The third kappa shape index (κ3) is 2.08. The lowest BCUT2D eigenvalue weighted by Crippen LogP contribution is -2.14. The minimum atomic E-state index is 0.718. The van der Waals surface area contributed by atoms with Gasteiger partial charge in [0, 0.05) is 13.6 Å². The van der Waals surface area contributed by atoms with Crippen LogP contribution in [0.4, 0.5) is 0 Å². The van der Waals surface area contributed by atoms with Crippen molar-refractivity contribution in [2.75, 3.05) is 13.6 Å². The number of nitrogens with zero attached hydrogens (tertiary/aromatic N) is 3. The van der Waals surface area contributed by atoms with E-state index in [0.717, 1.165) is 29.6 Å². The maximum absolute atomic E-state index is 8.60. The van der Waals surface area contributed by atoms with E-state index in [1.165, 1.54) is 6.39 Å². The predicted molar refractivity (Wildman–Crippen MR) is 56.0 cm³/mol. The lowest BCUT2D eigenvalue weighted by atomic mass is 10.1. The van der Waals surface area contributed by atoms with Gasteiger partial charge in [-0.05, 0) is 24.1 Å². The Balaban J connectivity index is 2.12. The second kappa shape index (κ2) is 4.01. The monoisotopic (exact) mass is 201 g/mol. The molecule has 0 spiro atoms. The fraction of sp³-hybridized carbons (Fsp3) is 0.273. The third-order valence-electron chi connectivity index (χ3n) is 2.30. The van der Waals surface area contributed by atoms with E-state index in [9.17, 15) is 0 Å². The van der Waals surface area contributed by atoms with Crippen molar-refractivity contribution in [1.29, 1.82) is 5.26 Å². The van der Waals surface area contributed by atoms with Crippen LogP contribution in [0.5, 0.6) is 0 Å². The molecule has 0 N–H and O–H groups in total. The summed E-state index contributed by atoms with van der Waals surface area (Å²) >= 11 is 0. The molecule has 0 fully saturated rings. The molecule has 2 aromatic rings. The van der Waals surface area contributed by atoms with Gasteiger partial charge in [-0.25, -0.2) is 4.98 Å². The van der Waals surface area contributed by atoms with E-state index in [1.54, 1.807) is 11.9 Å². The van der Waals surface area contributed by atoms with Crippen LogP contribution in [0.25, 0.3) is 11.1 Å². The first-order valence-electron chi connectivity index (χ1n) is 4.72. The number of aromatic nitrogens is 1. The van der Waals surface area contributed by atoms with E-state index in [-0.39, 0.29) is 0 Å². The standard InChI is InChI=1S/C11H11N3O/c1-14(7-12)5-4-9-2-3-10-11(6-9)15-8-13-10/h2-3,6,8H,4-5H2,1H3. The summed E-state index contributed by atoms with van der Waals surface area (Å²) in [6.45, 7) is 0.718. The van der Waals surface area contributed by atoms with Crippen molar-refractivity contribution in [3.8, 4) is 6.19 Å². The largest absolute Gasteiger partial charge is 0.443 e. The van der Waals surface area contributed by atoms with Crippen molar-refractivity contribution in [3.05, 3.63) is 30.2 Å². The number of hydrogen-bond donors (Lipinski definition) is 0.